The summed E-state index contributed by atoms with van der Waals surface area (Å²) in [7, 11) is 3.91. The van der Waals surface area contributed by atoms with E-state index in [2.05, 4.69) is 41.6 Å². The van der Waals surface area contributed by atoms with E-state index < -0.39 is 5.91 Å². The SMILES string of the molecule is CCc1cc2c(c3c1=[N+](C)CCC3)Oc1c(cc3c4c1CCCN4CCC3)C=2c1cccc(C(N)=O)c1.COC(C)C. The van der Waals surface area contributed by atoms with Gasteiger partial charge in [0.15, 0.2) is 0 Å². The van der Waals surface area contributed by atoms with Gasteiger partial charge in [0.05, 0.1) is 11.7 Å². The quantitative estimate of drug-likeness (QED) is 0.369. The third kappa shape index (κ3) is 4.90. The molecule has 0 spiro atoms. The van der Waals surface area contributed by atoms with Crippen LogP contribution in [0.15, 0.2) is 36.4 Å². The Morgan fingerprint density at radius 2 is 1.79 bits per heavy atom. The molecule has 4 aliphatic rings. The van der Waals surface area contributed by atoms with Crippen molar-refractivity contribution in [2.45, 2.75) is 71.8 Å². The van der Waals surface area contributed by atoms with E-state index in [1.54, 1.807) is 13.2 Å². The summed E-state index contributed by atoms with van der Waals surface area (Å²) in [6, 6.07) is 12.6. The lowest BCUT2D eigenvalue weighted by Crippen LogP contribution is -2.40. The van der Waals surface area contributed by atoms with Crippen molar-refractivity contribution in [2.75, 3.05) is 38.7 Å². The van der Waals surface area contributed by atoms with E-state index in [1.807, 2.05) is 26.0 Å². The summed E-state index contributed by atoms with van der Waals surface area (Å²) >= 11 is 0. The molecule has 6 heteroatoms. The van der Waals surface area contributed by atoms with Crippen LogP contribution >= 0.6 is 0 Å². The summed E-state index contributed by atoms with van der Waals surface area (Å²) in [4.78, 5) is 14.7. The molecule has 4 heterocycles. The van der Waals surface area contributed by atoms with Gasteiger partial charge in [0.25, 0.3) is 0 Å². The number of nitrogens with two attached hydrogens (primary N) is 1. The molecule has 0 aromatic heterocycles. The number of hydrogen-bond acceptors (Lipinski definition) is 4. The van der Waals surface area contributed by atoms with Gasteiger partial charge in [0.2, 0.25) is 11.3 Å². The maximum atomic E-state index is 12.2. The average Bonchev–Trinajstić information content (AvgIpc) is 3.00. The first-order valence-corrected chi connectivity index (χ1v) is 15.6. The normalized spacial score (nSPS) is 16.5. The molecule has 2 N–H and O–H groups in total. The summed E-state index contributed by atoms with van der Waals surface area (Å²) in [6.07, 6.45) is 7.98. The molecule has 4 aliphatic heterocycles. The molecule has 6 nitrogen and oxygen atoms in total. The minimum atomic E-state index is -0.396. The molecule has 0 radical (unpaired) electrons. The Bertz CT molecular complexity index is 1690. The number of anilines is 1. The van der Waals surface area contributed by atoms with E-state index in [-0.39, 0.29) is 0 Å². The summed E-state index contributed by atoms with van der Waals surface area (Å²) in [6.45, 7) is 9.57. The Hall–Kier alpha value is -3.64. The number of hydrogen-bond donors (Lipinski definition) is 1. The van der Waals surface area contributed by atoms with Crippen LogP contribution in [0.4, 0.5) is 5.69 Å². The van der Waals surface area contributed by atoms with Crippen molar-refractivity contribution in [2.24, 2.45) is 5.73 Å². The number of carbonyl (C=O) groups is 1. The van der Waals surface area contributed by atoms with Gasteiger partial charge in [0, 0.05) is 65.4 Å². The number of rotatable bonds is 4. The van der Waals surface area contributed by atoms with Crippen LogP contribution in [0.2, 0.25) is 0 Å². The van der Waals surface area contributed by atoms with Gasteiger partial charge >= 0.3 is 0 Å². The van der Waals surface area contributed by atoms with Crippen molar-refractivity contribution in [3.8, 4) is 11.5 Å². The number of carbonyl (C=O) groups excluding carboxylic acids is 1. The molecule has 3 aromatic rings. The van der Waals surface area contributed by atoms with Crippen molar-refractivity contribution in [1.82, 2.24) is 4.58 Å². The van der Waals surface area contributed by atoms with Crippen LogP contribution in [0.5, 0.6) is 11.5 Å². The minimum Gasteiger partial charge on any atom is -0.455 e. The van der Waals surface area contributed by atoms with Crippen LogP contribution in [0.3, 0.4) is 0 Å². The molecular weight excluding hydrogens is 522 g/mol. The highest BCUT2D eigenvalue weighted by Crippen LogP contribution is 2.48. The van der Waals surface area contributed by atoms with Crippen molar-refractivity contribution >= 4 is 17.2 Å². The van der Waals surface area contributed by atoms with Crippen LogP contribution in [0.1, 0.15) is 83.8 Å². The molecule has 1 amide bonds. The molecule has 0 saturated heterocycles. The second-order valence-corrected chi connectivity index (χ2v) is 12.3. The predicted octanol–water partition coefficient (Wildman–Crippen LogP) is 4.51. The van der Waals surface area contributed by atoms with Crippen LogP contribution in [-0.2, 0) is 30.4 Å². The number of aryl methyl sites for hydroxylation is 2. The Labute approximate surface area is 249 Å². The molecule has 0 aliphatic carbocycles. The first kappa shape index (κ1) is 28.5. The summed E-state index contributed by atoms with van der Waals surface area (Å²) < 4.78 is 14.2. The number of amides is 1. The van der Waals surface area contributed by atoms with Gasteiger partial charge in [-0.25, -0.2) is 4.58 Å². The lowest BCUT2D eigenvalue weighted by molar-refractivity contribution is 0.1000. The molecule has 3 aromatic carbocycles. The summed E-state index contributed by atoms with van der Waals surface area (Å²) in [5, 5.41) is 2.49. The van der Waals surface area contributed by atoms with Gasteiger partial charge in [0.1, 0.15) is 25.1 Å². The first-order chi connectivity index (χ1) is 20.3. The number of fused-ring (bicyclic) bond motifs is 5. The zero-order chi connectivity index (χ0) is 29.5. The molecule has 42 heavy (non-hydrogen) atoms. The molecule has 0 saturated carbocycles. The van der Waals surface area contributed by atoms with E-state index >= 15 is 0 Å². The van der Waals surface area contributed by atoms with E-state index in [0.29, 0.717) is 11.7 Å². The Kier molecular flexibility index (Phi) is 7.84. The third-order valence-corrected chi connectivity index (χ3v) is 9.23. The van der Waals surface area contributed by atoms with Gasteiger partial charge in [-0.1, -0.05) is 19.1 Å². The first-order valence-electron chi connectivity index (χ1n) is 15.6. The topological polar surface area (TPSA) is 67.8 Å². The second kappa shape index (κ2) is 11.6. The molecule has 0 fully saturated rings. The van der Waals surface area contributed by atoms with Crippen LogP contribution in [0, 0.1) is 0 Å². The largest absolute Gasteiger partial charge is 0.455 e. The van der Waals surface area contributed by atoms with Gasteiger partial charge < -0.3 is 20.1 Å². The highest BCUT2D eigenvalue weighted by atomic mass is 16.5. The smallest absolute Gasteiger partial charge is 0.248 e. The van der Waals surface area contributed by atoms with Gasteiger partial charge in [-0.3, -0.25) is 4.79 Å². The maximum absolute atomic E-state index is 12.2. The number of nitrogens with zero attached hydrogens (tertiary/aromatic N) is 2. The zero-order valence-corrected chi connectivity index (χ0v) is 25.8. The Morgan fingerprint density at radius 1 is 1.05 bits per heavy atom. The van der Waals surface area contributed by atoms with Crippen LogP contribution in [0.25, 0.3) is 5.57 Å². The molecule has 0 unspecified atom stereocenters. The number of methoxy groups -OCH3 is 1. The molecule has 0 atom stereocenters. The van der Waals surface area contributed by atoms with Gasteiger partial charge in [-0.2, -0.15) is 0 Å². The Morgan fingerprint density at radius 3 is 2.50 bits per heavy atom. The molecule has 0 bridgehead atoms. The van der Waals surface area contributed by atoms with Crippen molar-refractivity contribution in [1.29, 1.82) is 0 Å². The van der Waals surface area contributed by atoms with E-state index in [1.165, 1.54) is 45.3 Å². The minimum absolute atomic E-state index is 0.384. The lowest BCUT2D eigenvalue weighted by Gasteiger charge is -2.39. The molecule has 220 valence electrons. The maximum Gasteiger partial charge on any atom is 0.248 e. The Balaban J connectivity index is 0.000000585. The van der Waals surface area contributed by atoms with Gasteiger partial charge in [-0.15, -0.1) is 0 Å². The summed E-state index contributed by atoms with van der Waals surface area (Å²) in [5.74, 6) is 1.64. The van der Waals surface area contributed by atoms with Crippen LogP contribution < -0.4 is 30.5 Å². The van der Waals surface area contributed by atoms with E-state index in [4.69, 9.17) is 15.2 Å². The number of benzene rings is 3. The van der Waals surface area contributed by atoms with E-state index in [0.717, 1.165) is 86.0 Å². The number of ether oxygens (including phenoxy) is 2. The van der Waals surface area contributed by atoms with E-state index in [9.17, 15) is 4.79 Å². The highest BCUT2D eigenvalue weighted by Gasteiger charge is 2.34. The average molecular weight is 567 g/mol. The fraction of sp³-hybridized carbons (Fsp3) is 0.444. The standard InChI is InChI=1S/C32H33N3O2.C4H10O/c1-3-19-17-25-27(20-8-4-9-22(16-20)32(33)36)26-18-21-10-5-14-35-15-7-12-24(29(21)35)31(26)37-30(25)23-11-6-13-34(2)28(19)23;1-4(2)5-3/h4,8-9,16-18H,3,5-7,10-15H2,1-2H3,(H-,33,36);4H,1-3H3/p+1. The monoisotopic (exact) mass is 566 g/mol. The van der Waals surface area contributed by atoms with Gasteiger partial charge in [-0.05, 0) is 87.8 Å². The van der Waals surface area contributed by atoms with Crippen LogP contribution in [-0.4, -0.2) is 45.8 Å². The zero-order valence-electron chi connectivity index (χ0n) is 25.8. The van der Waals surface area contributed by atoms with Crippen molar-refractivity contribution < 1.29 is 14.3 Å². The van der Waals surface area contributed by atoms with Crippen molar-refractivity contribution in [3.05, 3.63) is 85.9 Å². The lowest BCUT2D eigenvalue weighted by atomic mass is 9.83. The third-order valence-electron chi connectivity index (χ3n) is 9.23. The number of primary amides is 1. The fourth-order valence-corrected chi connectivity index (χ4v) is 7.18. The molecular formula is C36H44N3O3+. The fourth-order valence-electron chi connectivity index (χ4n) is 7.18. The summed E-state index contributed by atoms with van der Waals surface area (Å²) in [5.41, 5.74) is 16.5. The predicted molar refractivity (Wildman–Crippen MR) is 170 cm³/mol. The second-order valence-electron chi connectivity index (χ2n) is 12.3. The van der Waals surface area contributed by atoms with Crippen molar-refractivity contribution in [3.63, 3.8) is 0 Å². The highest BCUT2D eigenvalue weighted by molar-refractivity contribution is 5.95. The molecule has 7 rings (SSSR count).